The Morgan fingerprint density at radius 2 is 1.87 bits per heavy atom. The first kappa shape index (κ1) is 21.3. The van der Waals surface area contributed by atoms with Crippen LogP contribution in [0.15, 0.2) is 36.5 Å². The van der Waals surface area contributed by atoms with E-state index in [1.165, 1.54) is 25.4 Å². The molecule has 0 saturated heterocycles. The van der Waals surface area contributed by atoms with Crippen molar-refractivity contribution in [2.24, 2.45) is 5.73 Å². The van der Waals surface area contributed by atoms with Crippen molar-refractivity contribution in [3.05, 3.63) is 69.1 Å². The lowest BCUT2D eigenvalue weighted by atomic mass is 10.1. The highest BCUT2D eigenvalue weighted by Gasteiger charge is 2.23. The zero-order valence-corrected chi connectivity index (χ0v) is 17.4. The number of nitrogens with two attached hydrogens (primary N) is 1. The molecule has 2 heterocycles. The largest absolute Gasteiger partial charge is 0.364 e. The van der Waals surface area contributed by atoms with Gasteiger partial charge in [0, 0.05) is 24.3 Å². The molecule has 11 heteroatoms. The highest BCUT2D eigenvalue weighted by Crippen LogP contribution is 2.26. The number of carbonyl (C=O) groups is 3. The summed E-state index contributed by atoms with van der Waals surface area (Å²) in [6.07, 6.45) is 1.46. The summed E-state index contributed by atoms with van der Waals surface area (Å²) in [6, 6.07) is 7.42. The van der Waals surface area contributed by atoms with Crippen LogP contribution in [0.25, 0.3) is 5.82 Å². The summed E-state index contributed by atoms with van der Waals surface area (Å²) in [4.78, 5) is 41.0. The highest BCUT2D eigenvalue weighted by atomic mass is 35.5. The minimum absolute atomic E-state index is 0.0832. The van der Waals surface area contributed by atoms with Crippen LogP contribution in [-0.2, 0) is 0 Å². The van der Waals surface area contributed by atoms with Gasteiger partial charge in [-0.1, -0.05) is 23.2 Å². The number of anilines is 1. The molecule has 0 radical (unpaired) electrons. The van der Waals surface area contributed by atoms with Crippen molar-refractivity contribution in [1.82, 2.24) is 20.1 Å². The van der Waals surface area contributed by atoms with Crippen molar-refractivity contribution in [1.29, 1.82) is 0 Å². The fraction of sp³-hybridized carbons (Fsp3) is 0.105. The van der Waals surface area contributed by atoms with Crippen LogP contribution >= 0.6 is 23.2 Å². The van der Waals surface area contributed by atoms with E-state index < -0.39 is 17.7 Å². The van der Waals surface area contributed by atoms with Crippen molar-refractivity contribution in [2.45, 2.75) is 6.92 Å². The summed E-state index contributed by atoms with van der Waals surface area (Å²) >= 11 is 12.2. The maximum absolute atomic E-state index is 12.9. The molecule has 0 atom stereocenters. The van der Waals surface area contributed by atoms with E-state index in [4.69, 9.17) is 28.9 Å². The lowest BCUT2D eigenvalue weighted by molar-refractivity contribution is 0.0961. The predicted octanol–water partition coefficient (Wildman–Crippen LogP) is 2.59. The van der Waals surface area contributed by atoms with Crippen LogP contribution in [0.3, 0.4) is 0 Å². The van der Waals surface area contributed by atoms with E-state index in [2.05, 4.69) is 20.7 Å². The van der Waals surface area contributed by atoms with E-state index in [9.17, 15) is 14.4 Å². The first-order chi connectivity index (χ1) is 14.2. The lowest BCUT2D eigenvalue weighted by Crippen LogP contribution is -2.22. The number of nitrogens with one attached hydrogen (secondary N) is 2. The minimum atomic E-state index is -0.822. The zero-order valence-electron chi connectivity index (χ0n) is 15.9. The Morgan fingerprint density at radius 3 is 2.50 bits per heavy atom. The van der Waals surface area contributed by atoms with Crippen LogP contribution in [-0.4, -0.2) is 39.5 Å². The first-order valence-electron chi connectivity index (χ1n) is 8.57. The Kier molecular flexibility index (Phi) is 6.04. The van der Waals surface area contributed by atoms with Gasteiger partial charge in [0.15, 0.2) is 11.5 Å². The molecule has 3 rings (SSSR count). The number of halogens is 2. The Bertz CT molecular complexity index is 1180. The van der Waals surface area contributed by atoms with E-state index in [0.29, 0.717) is 10.6 Å². The molecule has 0 bridgehead atoms. The van der Waals surface area contributed by atoms with Crippen LogP contribution in [0, 0.1) is 6.92 Å². The maximum atomic E-state index is 12.9. The second kappa shape index (κ2) is 8.52. The Morgan fingerprint density at radius 1 is 1.13 bits per heavy atom. The normalized spacial score (nSPS) is 10.5. The van der Waals surface area contributed by atoms with Gasteiger partial charge in [0.2, 0.25) is 0 Å². The van der Waals surface area contributed by atoms with Crippen molar-refractivity contribution < 1.29 is 14.4 Å². The molecule has 3 amide bonds. The third-order valence-corrected chi connectivity index (χ3v) is 4.66. The molecule has 0 aliphatic rings. The number of rotatable bonds is 5. The van der Waals surface area contributed by atoms with Crippen LogP contribution in [0.5, 0.6) is 0 Å². The molecular weight excluding hydrogens is 431 g/mol. The zero-order chi connectivity index (χ0) is 22.0. The summed E-state index contributed by atoms with van der Waals surface area (Å²) in [5, 5.41) is 9.82. The number of aromatic nitrogens is 3. The predicted molar refractivity (Wildman–Crippen MR) is 112 cm³/mol. The van der Waals surface area contributed by atoms with Crippen molar-refractivity contribution in [3.63, 3.8) is 0 Å². The number of pyridine rings is 1. The fourth-order valence-electron chi connectivity index (χ4n) is 2.76. The lowest BCUT2D eigenvalue weighted by Gasteiger charge is -2.13. The van der Waals surface area contributed by atoms with E-state index in [1.807, 2.05) is 0 Å². The Labute approximate surface area is 181 Å². The smallest absolute Gasteiger partial charge is 0.276 e. The molecule has 0 aliphatic heterocycles. The number of carbonyl (C=O) groups excluding carboxylic acids is 3. The molecule has 154 valence electrons. The van der Waals surface area contributed by atoms with Gasteiger partial charge in [0.25, 0.3) is 17.7 Å². The van der Waals surface area contributed by atoms with Gasteiger partial charge < -0.3 is 16.4 Å². The van der Waals surface area contributed by atoms with Gasteiger partial charge in [-0.25, -0.2) is 9.67 Å². The minimum Gasteiger partial charge on any atom is -0.364 e. The second-order valence-corrected chi connectivity index (χ2v) is 7.02. The van der Waals surface area contributed by atoms with E-state index in [0.717, 1.165) is 4.68 Å². The van der Waals surface area contributed by atoms with E-state index in [-0.39, 0.29) is 33.5 Å². The number of aryl methyl sites for hydroxylation is 1. The number of hydrogen-bond donors (Lipinski definition) is 3. The molecule has 2 aromatic heterocycles. The van der Waals surface area contributed by atoms with E-state index in [1.54, 1.807) is 25.1 Å². The SMILES string of the molecule is CNC(=O)c1cc(Cl)cc(C)c1NC(=O)c1cc(C(N)=O)n(-c2ncccc2Cl)n1. The Balaban J connectivity index is 2.04. The number of primary amides is 1. The van der Waals surface area contributed by atoms with Gasteiger partial charge in [-0.2, -0.15) is 5.10 Å². The topological polar surface area (TPSA) is 132 Å². The van der Waals surface area contributed by atoms with Crippen molar-refractivity contribution in [3.8, 4) is 5.82 Å². The number of amides is 3. The molecule has 0 aliphatic carbocycles. The molecule has 9 nitrogen and oxygen atoms in total. The summed E-state index contributed by atoms with van der Waals surface area (Å²) in [6.45, 7) is 1.69. The maximum Gasteiger partial charge on any atom is 0.276 e. The Hall–Kier alpha value is -3.43. The summed E-state index contributed by atoms with van der Waals surface area (Å²) in [5.74, 6) is -1.78. The number of nitrogens with zero attached hydrogens (tertiary/aromatic N) is 3. The molecule has 30 heavy (non-hydrogen) atoms. The highest BCUT2D eigenvalue weighted by molar-refractivity contribution is 6.32. The van der Waals surface area contributed by atoms with Gasteiger partial charge in [-0.05, 0) is 36.8 Å². The van der Waals surface area contributed by atoms with Crippen LogP contribution in [0.4, 0.5) is 5.69 Å². The molecule has 0 unspecified atom stereocenters. The van der Waals surface area contributed by atoms with E-state index >= 15 is 0 Å². The third-order valence-electron chi connectivity index (χ3n) is 4.14. The van der Waals surface area contributed by atoms with Crippen molar-refractivity contribution in [2.75, 3.05) is 12.4 Å². The molecule has 0 spiro atoms. The van der Waals surface area contributed by atoms with Gasteiger partial charge in [0.1, 0.15) is 5.69 Å². The van der Waals surface area contributed by atoms with Crippen molar-refractivity contribution >= 4 is 46.6 Å². The van der Waals surface area contributed by atoms with Gasteiger partial charge >= 0.3 is 0 Å². The van der Waals surface area contributed by atoms with Gasteiger partial charge in [-0.15, -0.1) is 0 Å². The molecular formula is C19H16Cl2N6O3. The quantitative estimate of drug-likeness (QED) is 0.553. The number of hydrogen-bond acceptors (Lipinski definition) is 5. The van der Waals surface area contributed by atoms with Crippen LogP contribution in [0.1, 0.15) is 36.9 Å². The fourth-order valence-corrected chi connectivity index (χ4v) is 3.24. The molecule has 1 aromatic carbocycles. The molecule has 0 saturated carbocycles. The standard InChI is InChI=1S/C19H16Cl2N6O3/c1-9-6-10(20)7-11(18(29)23-2)15(9)25-19(30)13-8-14(16(22)28)27(26-13)17-12(21)4-3-5-24-17/h3-8H,1-2H3,(H2,22,28)(H,23,29)(H,25,30). The summed E-state index contributed by atoms with van der Waals surface area (Å²) in [5.41, 5.74) is 6.22. The van der Waals surface area contributed by atoms with Gasteiger partial charge in [0.05, 0.1) is 16.3 Å². The second-order valence-electron chi connectivity index (χ2n) is 6.18. The summed E-state index contributed by atoms with van der Waals surface area (Å²) in [7, 11) is 1.46. The van der Waals surface area contributed by atoms with Crippen LogP contribution in [0.2, 0.25) is 10.0 Å². The average Bonchev–Trinajstić information content (AvgIpc) is 3.15. The van der Waals surface area contributed by atoms with Gasteiger partial charge in [-0.3, -0.25) is 14.4 Å². The molecule has 0 fully saturated rings. The molecule has 4 N–H and O–H groups in total. The molecule has 3 aromatic rings. The third kappa shape index (κ3) is 4.12. The first-order valence-corrected chi connectivity index (χ1v) is 9.32. The average molecular weight is 447 g/mol. The monoisotopic (exact) mass is 446 g/mol. The number of benzene rings is 1. The van der Waals surface area contributed by atoms with Crippen LogP contribution < -0.4 is 16.4 Å². The summed E-state index contributed by atoms with van der Waals surface area (Å²) < 4.78 is 1.09.